The molecule has 126 valence electrons. The van der Waals surface area contributed by atoms with Crippen LogP contribution in [0.2, 0.25) is 0 Å². The fourth-order valence-corrected chi connectivity index (χ4v) is 7.67. The lowest BCUT2D eigenvalue weighted by molar-refractivity contribution is -0.208. The van der Waals surface area contributed by atoms with Gasteiger partial charge in [0.15, 0.2) is 0 Å². The number of rotatable bonds is 1. The van der Waals surface area contributed by atoms with Gasteiger partial charge in [-0.25, -0.2) is 0 Å². The van der Waals surface area contributed by atoms with Gasteiger partial charge in [-0.2, -0.15) is 0 Å². The van der Waals surface area contributed by atoms with Crippen LogP contribution in [0.5, 0.6) is 0 Å². The van der Waals surface area contributed by atoms with Crippen molar-refractivity contribution >= 4 is 0 Å². The van der Waals surface area contributed by atoms with Crippen LogP contribution in [0.1, 0.15) is 84.5 Å². The summed E-state index contributed by atoms with van der Waals surface area (Å²) in [4.78, 5) is 0. The highest BCUT2D eigenvalue weighted by Crippen LogP contribution is 2.68. The summed E-state index contributed by atoms with van der Waals surface area (Å²) < 4.78 is 0. The fraction of sp³-hybridized carbons (Fsp3) is 1.00. The zero-order valence-electron chi connectivity index (χ0n) is 14.5. The minimum Gasteiger partial charge on any atom is -0.393 e. The first-order valence-corrected chi connectivity index (χ1v) is 9.86. The van der Waals surface area contributed by atoms with Gasteiger partial charge in [0.25, 0.3) is 0 Å². The molecule has 0 amide bonds. The second-order valence-corrected chi connectivity index (χ2v) is 9.37. The molecule has 0 spiro atoms. The van der Waals surface area contributed by atoms with E-state index in [-0.39, 0.29) is 17.1 Å². The molecule has 2 nitrogen and oxygen atoms in total. The van der Waals surface area contributed by atoms with E-state index in [9.17, 15) is 10.2 Å². The molecule has 4 aliphatic rings. The Hall–Kier alpha value is -0.0800. The lowest BCUT2D eigenvalue weighted by atomic mass is 9.43. The largest absolute Gasteiger partial charge is 0.393 e. The Morgan fingerprint density at radius 2 is 1.77 bits per heavy atom. The van der Waals surface area contributed by atoms with E-state index < -0.39 is 0 Å². The van der Waals surface area contributed by atoms with E-state index in [1.54, 1.807) is 0 Å². The molecule has 4 saturated carbocycles. The molecule has 7 atom stereocenters. The van der Waals surface area contributed by atoms with Gasteiger partial charge in [-0.15, -0.1) is 0 Å². The lowest BCUT2D eigenvalue weighted by Gasteiger charge is -2.63. The molecule has 4 rings (SSSR count). The Morgan fingerprint density at radius 1 is 0.955 bits per heavy atom. The molecule has 0 saturated heterocycles. The summed E-state index contributed by atoms with van der Waals surface area (Å²) in [6, 6.07) is 0. The van der Waals surface area contributed by atoms with Crippen LogP contribution in [-0.2, 0) is 0 Å². The van der Waals surface area contributed by atoms with Crippen LogP contribution in [0, 0.1) is 28.6 Å². The van der Waals surface area contributed by atoms with Crippen molar-refractivity contribution < 1.29 is 10.2 Å². The van der Waals surface area contributed by atoms with E-state index in [0.717, 1.165) is 25.7 Å². The highest BCUT2D eigenvalue weighted by Gasteiger charge is 2.65. The Balaban J connectivity index is 1.68. The molecule has 2 heteroatoms. The fourth-order valence-electron chi connectivity index (χ4n) is 7.67. The van der Waals surface area contributed by atoms with Crippen LogP contribution < -0.4 is 0 Å². The highest BCUT2D eigenvalue weighted by molar-refractivity contribution is 5.15. The molecule has 0 bridgehead atoms. The van der Waals surface area contributed by atoms with Gasteiger partial charge in [-0.3, -0.25) is 0 Å². The molecule has 4 fully saturated rings. The van der Waals surface area contributed by atoms with Crippen molar-refractivity contribution in [1.82, 2.24) is 0 Å². The Labute approximate surface area is 135 Å². The van der Waals surface area contributed by atoms with E-state index in [2.05, 4.69) is 13.8 Å². The summed E-state index contributed by atoms with van der Waals surface area (Å²) in [6.45, 7) is 4.80. The number of aliphatic hydroxyl groups excluding tert-OH is 1. The summed E-state index contributed by atoms with van der Waals surface area (Å²) >= 11 is 0. The van der Waals surface area contributed by atoms with Crippen LogP contribution in [0.3, 0.4) is 0 Å². The van der Waals surface area contributed by atoms with E-state index in [1.165, 1.54) is 44.9 Å². The van der Waals surface area contributed by atoms with Gasteiger partial charge in [0.05, 0.1) is 11.7 Å². The number of aliphatic hydroxyl groups is 2. The summed E-state index contributed by atoms with van der Waals surface area (Å²) in [5.74, 6) is 1.92. The van der Waals surface area contributed by atoms with Crippen molar-refractivity contribution in [3.63, 3.8) is 0 Å². The molecule has 0 aromatic carbocycles. The van der Waals surface area contributed by atoms with Gasteiger partial charge in [0.1, 0.15) is 0 Å². The second-order valence-electron chi connectivity index (χ2n) is 9.37. The third kappa shape index (κ3) is 1.80. The van der Waals surface area contributed by atoms with Gasteiger partial charge < -0.3 is 10.2 Å². The van der Waals surface area contributed by atoms with Crippen molar-refractivity contribution in [2.24, 2.45) is 28.6 Å². The standard InChI is InChI=1S/C20H34O2/c1-3-19-9-4-10-20(19,22)17-6-5-14-13-15(21)7-11-18(14,2)16(17)8-12-19/h14-17,21-22H,3-13H2,1-2H3/t14-,15+,16+,17-,18+,19+,20+/m1/s1. The molecule has 0 aliphatic heterocycles. The Kier molecular flexibility index (Phi) is 3.48. The third-order valence-corrected chi connectivity index (χ3v) is 9.02. The van der Waals surface area contributed by atoms with Gasteiger partial charge >= 0.3 is 0 Å². The first kappa shape index (κ1) is 15.4. The minimum atomic E-state index is -0.380. The minimum absolute atomic E-state index is 0.0671. The first-order chi connectivity index (χ1) is 10.5. The van der Waals surface area contributed by atoms with Crippen molar-refractivity contribution in [2.45, 2.75) is 96.2 Å². The van der Waals surface area contributed by atoms with Gasteiger partial charge in [-0.1, -0.05) is 13.8 Å². The molecule has 22 heavy (non-hydrogen) atoms. The zero-order chi connectivity index (χ0) is 15.6. The number of hydrogen-bond donors (Lipinski definition) is 2. The third-order valence-electron chi connectivity index (χ3n) is 9.02. The summed E-state index contributed by atoms with van der Waals surface area (Å²) in [6.07, 6.45) is 12.8. The maximum absolute atomic E-state index is 11.8. The van der Waals surface area contributed by atoms with Crippen LogP contribution in [-0.4, -0.2) is 21.9 Å². The number of hydrogen-bond acceptors (Lipinski definition) is 2. The topological polar surface area (TPSA) is 40.5 Å². The quantitative estimate of drug-likeness (QED) is 0.759. The normalized spacial score (nSPS) is 57.8. The predicted octanol–water partition coefficient (Wildman–Crippen LogP) is 4.29. The average Bonchev–Trinajstić information content (AvgIpc) is 2.85. The smallest absolute Gasteiger partial charge is 0.0734 e. The van der Waals surface area contributed by atoms with Crippen LogP contribution in [0.15, 0.2) is 0 Å². The zero-order valence-corrected chi connectivity index (χ0v) is 14.5. The Morgan fingerprint density at radius 3 is 2.55 bits per heavy atom. The van der Waals surface area contributed by atoms with Crippen LogP contribution >= 0.6 is 0 Å². The summed E-state index contributed by atoms with van der Waals surface area (Å²) in [5, 5.41) is 21.9. The SMILES string of the molecule is CC[C@@]12CCC[C@]1(O)[C@@H]1CC[C@@H]3C[C@@H](O)CC[C@]3(C)[C@H]1CC2. The van der Waals surface area contributed by atoms with Gasteiger partial charge in [0.2, 0.25) is 0 Å². The maximum Gasteiger partial charge on any atom is 0.0734 e. The molecule has 0 aromatic heterocycles. The molecule has 0 heterocycles. The number of fused-ring (bicyclic) bond motifs is 5. The molecule has 0 aromatic rings. The highest BCUT2D eigenvalue weighted by atomic mass is 16.3. The predicted molar refractivity (Wildman–Crippen MR) is 88.4 cm³/mol. The van der Waals surface area contributed by atoms with Crippen LogP contribution in [0.25, 0.3) is 0 Å². The summed E-state index contributed by atoms with van der Waals surface area (Å²) in [5.41, 5.74) is 0.223. The maximum atomic E-state index is 11.8. The van der Waals surface area contributed by atoms with Crippen molar-refractivity contribution in [3.05, 3.63) is 0 Å². The molecule has 4 aliphatic carbocycles. The molecule has 0 radical (unpaired) electrons. The van der Waals surface area contributed by atoms with Gasteiger partial charge in [-0.05, 0) is 99.2 Å². The molecular formula is C20H34O2. The molecular weight excluding hydrogens is 272 g/mol. The van der Waals surface area contributed by atoms with Crippen molar-refractivity contribution in [3.8, 4) is 0 Å². The van der Waals surface area contributed by atoms with Crippen molar-refractivity contribution in [1.29, 1.82) is 0 Å². The lowest BCUT2D eigenvalue weighted by Crippen LogP contribution is -2.61. The van der Waals surface area contributed by atoms with Crippen molar-refractivity contribution in [2.75, 3.05) is 0 Å². The van der Waals surface area contributed by atoms with E-state index >= 15 is 0 Å². The van der Waals surface area contributed by atoms with E-state index in [1.807, 2.05) is 0 Å². The molecule has 2 N–H and O–H groups in total. The molecule has 0 unspecified atom stereocenters. The van der Waals surface area contributed by atoms with Crippen LogP contribution in [0.4, 0.5) is 0 Å². The van der Waals surface area contributed by atoms with E-state index in [4.69, 9.17) is 0 Å². The summed E-state index contributed by atoms with van der Waals surface area (Å²) in [7, 11) is 0. The first-order valence-electron chi connectivity index (χ1n) is 9.86. The second kappa shape index (κ2) is 4.96. The average molecular weight is 306 g/mol. The van der Waals surface area contributed by atoms with E-state index in [0.29, 0.717) is 23.2 Å². The van der Waals surface area contributed by atoms with Gasteiger partial charge in [0, 0.05) is 0 Å². The monoisotopic (exact) mass is 306 g/mol. The Bertz CT molecular complexity index is 449.